The molecule has 106 valence electrons. The van der Waals surface area contributed by atoms with Crippen LogP contribution in [0.15, 0.2) is 24.3 Å². The monoisotopic (exact) mass is 261 g/mol. The lowest BCUT2D eigenvalue weighted by Crippen LogP contribution is -2.35. The first-order chi connectivity index (χ1) is 9.19. The molecule has 0 radical (unpaired) electrons. The maximum absolute atomic E-state index is 9.09. The van der Waals surface area contributed by atoms with Crippen LogP contribution in [-0.4, -0.2) is 22.6 Å². The molecule has 19 heavy (non-hydrogen) atoms. The predicted octanol–water partition coefficient (Wildman–Crippen LogP) is 3.58. The first kappa shape index (κ1) is 14.5. The second-order valence-electron chi connectivity index (χ2n) is 6.24. The average molecular weight is 261 g/mol. The standard InChI is InChI=1S/C17H27NO/c1-14(2)11-18(17-5-3-4-6-17)12-15-7-9-16(13-19)10-8-15/h7-10,14,17,19H,3-6,11-13H2,1-2H3. The van der Waals surface area contributed by atoms with E-state index >= 15 is 0 Å². The Kier molecular flexibility index (Phi) is 5.41. The van der Waals surface area contributed by atoms with Gasteiger partial charge in [0.25, 0.3) is 0 Å². The molecule has 1 aliphatic rings. The van der Waals surface area contributed by atoms with Crippen molar-refractivity contribution >= 4 is 0 Å². The van der Waals surface area contributed by atoms with Gasteiger partial charge in [0.1, 0.15) is 0 Å². The zero-order valence-electron chi connectivity index (χ0n) is 12.3. The van der Waals surface area contributed by atoms with Gasteiger partial charge >= 0.3 is 0 Å². The molecule has 1 aliphatic carbocycles. The van der Waals surface area contributed by atoms with E-state index in [1.54, 1.807) is 0 Å². The molecule has 1 aromatic carbocycles. The van der Waals surface area contributed by atoms with E-state index in [1.165, 1.54) is 37.8 Å². The van der Waals surface area contributed by atoms with Gasteiger partial charge in [-0.15, -0.1) is 0 Å². The van der Waals surface area contributed by atoms with Crippen LogP contribution in [0.4, 0.5) is 0 Å². The minimum atomic E-state index is 0.138. The lowest BCUT2D eigenvalue weighted by atomic mass is 10.1. The Balaban J connectivity index is 2.01. The summed E-state index contributed by atoms with van der Waals surface area (Å²) in [4.78, 5) is 2.66. The summed E-state index contributed by atoms with van der Waals surface area (Å²) in [6.07, 6.45) is 5.51. The van der Waals surface area contributed by atoms with Crippen LogP contribution >= 0.6 is 0 Å². The Bertz CT molecular complexity index is 365. The molecular weight excluding hydrogens is 234 g/mol. The second kappa shape index (κ2) is 7.06. The zero-order valence-corrected chi connectivity index (χ0v) is 12.3. The molecule has 1 N–H and O–H groups in total. The quantitative estimate of drug-likeness (QED) is 0.846. The Morgan fingerprint density at radius 3 is 2.21 bits per heavy atom. The third-order valence-corrected chi connectivity index (χ3v) is 4.03. The van der Waals surface area contributed by atoms with Crippen molar-refractivity contribution in [3.8, 4) is 0 Å². The van der Waals surface area contributed by atoms with Crippen molar-refractivity contribution in [2.75, 3.05) is 6.54 Å². The van der Waals surface area contributed by atoms with E-state index in [-0.39, 0.29) is 6.61 Å². The van der Waals surface area contributed by atoms with Crippen LogP contribution in [0.2, 0.25) is 0 Å². The molecule has 0 atom stereocenters. The highest BCUT2D eigenvalue weighted by molar-refractivity contribution is 5.22. The molecule has 1 fully saturated rings. The normalized spacial score (nSPS) is 16.7. The lowest BCUT2D eigenvalue weighted by Gasteiger charge is -2.30. The van der Waals surface area contributed by atoms with Crippen molar-refractivity contribution in [2.45, 2.75) is 58.7 Å². The molecule has 0 amide bonds. The van der Waals surface area contributed by atoms with Gasteiger partial charge < -0.3 is 5.11 Å². The maximum Gasteiger partial charge on any atom is 0.0681 e. The maximum atomic E-state index is 9.09. The molecular formula is C17H27NO. The molecule has 0 bridgehead atoms. The molecule has 0 heterocycles. The molecule has 0 aliphatic heterocycles. The number of benzene rings is 1. The van der Waals surface area contributed by atoms with E-state index < -0.39 is 0 Å². The fraction of sp³-hybridized carbons (Fsp3) is 0.647. The van der Waals surface area contributed by atoms with Crippen molar-refractivity contribution in [1.82, 2.24) is 4.90 Å². The molecule has 2 nitrogen and oxygen atoms in total. The largest absolute Gasteiger partial charge is 0.392 e. The van der Waals surface area contributed by atoms with E-state index in [1.807, 2.05) is 12.1 Å². The van der Waals surface area contributed by atoms with Crippen LogP contribution in [-0.2, 0) is 13.2 Å². The third kappa shape index (κ3) is 4.32. The minimum absolute atomic E-state index is 0.138. The Hall–Kier alpha value is -0.860. The van der Waals surface area contributed by atoms with Crippen LogP contribution < -0.4 is 0 Å². The van der Waals surface area contributed by atoms with Gasteiger partial charge in [0.15, 0.2) is 0 Å². The number of hydrogen-bond donors (Lipinski definition) is 1. The van der Waals surface area contributed by atoms with Gasteiger partial charge in [0.05, 0.1) is 6.61 Å². The number of hydrogen-bond acceptors (Lipinski definition) is 2. The number of nitrogens with zero attached hydrogens (tertiary/aromatic N) is 1. The van der Waals surface area contributed by atoms with Crippen LogP contribution in [0.1, 0.15) is 50.7 Å². The molecule has 1 aromatic rings. The summed E-state index contributed by atoms with van der Waals surface area (Å²) in [5.41, 5.74) is 2.37. The highest BCUT2D eigenvalue weighted by Gasteiger charge is 2.23. The molecule has 0 saturated heterocycles. The van der Waals surface area contributed by atoms with Gasteiger partial charge in [0, 0.05) is 19.1 Å². The fourth-order valence-electron chi connectivity index (χ4n) is 3.07. The summed E-state index contributed by atoms with van der Waals surface area (Å²) in [6, 6.07) is 9.18. The highest BCUT2D eigenvalue weighted by Crippen LogP contribution is 2.25. The van der Waals surface area contributed by atoms with E-state index in [0.717, 1.165) is 24.1 Å². The summed E-state index contributed by atoms with van der Waals surface area (Å²) in [7, 11) is 0. The smallest absolute Gasteiger partial charge is 0.0681 e. The van der Waals surface area contributed by atoms with E-state index in [9.17, 15) is 0 Å². The number of rotatable bonds is 6. The first-order valence-electron chi connectivity index (χ1n) is 7.61. The fourth-order valence-corrected chi connectivity index (χ4v) is 3.07. The number of aliphatic hydroxyl groups is 1. The van der Waals surface area contributed by atoms with Crippen molar-refractivity contribution < 1.29 is 5.11 Å². The molecule has 0 unspecified atom stereocenters. The lowest BCUT2D eigenvalue weighted by molar-refractivity contribution is 0.168. The van der Waals surface area contributed by atoms with E-state index in [2.05, 4.69) is 30.9 Å². The van der Waals surface area contributed by atoms with Gasteiger partial charge in [-0.1, -0.05) is 51.0 Å². The van der Waals surface area contributed by atoms with E-state index in [4.69, 9.17) is 5.11 Å². The number of aliphatic hydroxyl groups excluding tert-OH is 1. The summed E-state index contributed by atoms with van der Waals surface area (Å²) in [5, 5.41) is 9.09. The van der Waals surface area contributed by atoms with Gasteiger partial charge in [-0.25, -0.2) is 0 Å². The topological polar surface area (TPSA) is 23.5 Å². The summed E-state index contributed by atoms with van der Waals surface area (Å²) < 4.78 is 0. The van der Waals surface area contributed by atoms with Crippen LogP contribution in [0.5, 0.6) is 0 Å². The zero-order chi connectivity index (χ0) is 13.7. The predicted molar refractivity (Wildman–Crippen MR) is 79.9 cm³/mol. The van der Waals surface area contributed by atoms with E-state index in [0.29, 0.717) is 0 Å². The second-order valence-corrected chi connectivity index (χ2v) is 6.24. The minimum Gasteiger partial charge on any atom is -0.392 e. The summed E-state index contributed by atoms with van der Waals surface area (Å²) >= 11 is 0. The van der Waals surface area contributed by atoms with Crippen molar-refractivity contribution in [1.29, 1.82) is 0 Å². The third-order valence-electron chi connectivity index (χ3n) is 4.03. The summed E-state index contributed by atoms with van der Waals surface area (Å²) in [5.74, 6) is 0.720. The average Bonchev–Trinajstić information content (AvgIpc) is 2.92. The van der Waals surface area contributed by atoms with Gasteiger partial charge in [-0.3, -0.25) is 4.90 Å². The SMILES string of the molecule is CC(C)CN(Cc1ccc(CO)cc1)C1CCCC1. The van der Waals surface area contributed by atoms with Crippen LogP contribution in [0, 0.1) is 5.92 Å². The Morgan fingerprint density at radius 1 is 1.11 bits per heavy atom. The molecule has 0 spiro atoms. The molecule has 0 aromatic heterocycles. The Labute approximate surface area is 117 Å². The van der Waals surface area contributed by atoms with Crippen molar-refractivity contribution in [3.63, 3.8) is 0 Å². The first-order valence-corrected chi connectivity index (χ1v) is 7.61. The van der Waals surface area contributed by atoms with Crippen LogP contribution in [0.25, 0.3) is 0 Å². The van der Waals surface area contributed by atoms with Crippen LogP contribution in [0.3, 0.4) is 0 Å². The van der Waals surface area contributed by atoms with Crippen molar-refractivity contribution in [3.05, 3.63) is 35.4 Å². The summed E-state index contributed by atoms with van der Waals surface area (Å²) in [6.45, 7) is 6.98. The van der Waals surface area contributed by atoms with Gasteiger partial charge in [-0.05, 0) is 29.9 Å². The Morgan fingerprint density at radius 2 is 1.68 bits per heavy atom. The van der Waals surface area contributed by atoms with Gasteiger partial charge in [0.2, 0.25) is 0 Å². The molecule has 2 heteroatoms. The highest BCUT2D eigenvalue weighted by atomic mass is 16.3. The molecule has 1 saturated carbocycles. The van der Waals surface area contributed by atoms with Gasteiger partial charge in [-0.2, -0.15) is 0 Å². The van der Waals surface area contributed by atoms with Crippen molar-refractivity contribution in [2.24, 2.45) is 5.92 Å². The molecule has 2 rings (SSSR count).